The summed E-state index contributed by atoms with van der Waals surface area (Å²) in [4.78, 5) is 10.7. The normalized spacial score (nSPS) is 12.0. The Morgan fingerprint density at radius 2 is 1.87 bits per heavy atom. The molecule has 8 heteroatoms. The minimum atomic E-state index is -4.50. The zero-order valence-corrected chi connectivity index (χ0v) is 9.80. The molecule has 0 aliphatic carbocycles. The third-order valence-electron chi connectivity index (χ3n) is 1.39. The second kappa shape index (κ2) is 7.35. The van der Waals surface area contributed by atoms with E-state index in [1.54, 1.807) is 0 Å². The molecule has 0 saturated carbocycles. The summed E-state index contributed by atoms with van der Waals surface area (Å²) in [6.07, 6.45) is 0.917. The highest BCUT2D eigenvalue weighted by molar-refractivity contribution is 7.86. The smallest absolute Gasteiger partial charge is 0.244 e. The van der Waals surface area contributed by atoms with Crippen LogP contribution in [0.25, 0.3) is 0 Å². The van der Waals surface area contributed by atoms with Gasteiger partial charge in [0, 0.05) is 0 Å². The monoisotopic (exact) mass is 242 g/mol. The van der Waals surface area contributed by atoms with E-state index in [1.165, 1.54) is 13.8 Å². The Labute approximate surface area is 89.2 Å². The van der Waals surface area contributed by atoms with Crippen molar-refractivity contribution in [1.29, 1.82) is 0 Å². The van der Waals surface area contributed by atoms with E-state index in [0.29, 0.717) is 0 Å². The maximum Gasteiger partial charge on any atom is 0.244 e. The first-order valence-corrected chi connectivity index (χ1v) is 5.13. The van der Waals surface area contributed by atoms with Crippen molar-refractivity contribution in [3.05, 3.63) is 12.7 Å². The molecule has 7 nitrogen and oxygen atoms in total. The first kappa shape index (κ1) is 19.6. The average molecular weight is 242 g/mol. The topological polar surface area (TPSA) is 154 Å². The quantitative estimate of drug-likeness (QED) is 0.497. The Morgan fingerprint density at radius 1 is 1.47 bits per heavy atom. The number of carbonyl (C=O) groups excluding carboxylic acids is 1. The number of hydrogen-bond donors (Lipinski definition) is 2. The lowest BCUT2D eigenvalue weighted by Crippen LogP contribution is -2.43. The molecule has 0 rings (SSSR count). The van der Waals surface area contributed by atoms with Crippen molar-refractivity contribution < 1.29 is 23.2 Å². The number of quaternary nitrogens is 1. The Morgan fingerprint density at radius 3 is 2.07 bits per heavy atom. The first-order valence-electron chi connectivity index (χ1n) is 3.66. The molecular weight excluding hydrogens is 224 g/mol. The number of amides is 1. The van der Waals surface area contributed by atoms with Crippen LogP contribution < -0.4 is 11.5 Å². The molecule has 0 radical (unpaired) electrons. The highest BCUT2D eigenvalue weighted by atomic mass is 32.2. The van der Waals surface area contributed by atoms with E-state index in [2.05, 4.69) is 6.58 Å². The molecular formula is C7H18N2O5S. The van der Waals surface area contributed by atoms with Gasteiger partial charge < -0.3 is 21.5 Å². The maximum atomic E-state index is 10.7. The third kappa shape index (κ3) is 7.03. The SMILES string of the molecule is C=CC(=O)NC(C(C)C)S(=O)(=O)[O-].O.[NH4+]. The van der Waals surface area contributed by atoms with Gasteiger partial charge in [-0.05, 0) is 12.0 Å². The van der Waals surface area contributed by atoms with Crippen molar-refractivity contribution in [3.63, 3.8) is 0 Å². The van der Waals surface area contributed by atoms with E-state index in [9.17, 15) is 17.8 Å². The molecule has 15 heavy (non-hydrogen) atoms. The molecule has 0 bridgehead atoms. The predicted octanol–water partition coefficient (Wildman–Crippen LogP) is -0.633. The fraction of sp³-hybridized carbons (Fsp3) is 0.571. The Kier molecular flexibility index (Phi) is 9.59. The van der Waals surface area contributed by atoms with Crippen LogP contribution in [-0.4, -0.2) is 29.7 Å². The molecule has 0 aromatic heterocycles. The lowest BCUT2D eigenvalue weighted by Gasteiger charge is -2.24. The van der Waals surface area contributed by atoms with E-state index in [-0.39, 0.29) is 11.6 Å². The van der Waals surface area contributed by atoms with Gasteiger partial charge in [-0.25, -0.2) is 8.42 Å². The van der Waals surface area contributed by atoms with Crippen LogP contribution >= 0.6 is 0 Å². The Balaban J connectivity index is -0.000000720. The van der Waals surface area contributed by atoms with Crippen LogP contribution in [-0.2, 0) is 14.9 Å². The molecule has 92 valence electrons. The fourth-order valence-corrected chi connectivity index (χ4v) is 1.70. The van der Waals surface area contributed by atoms with Gasteiger partial charge in [-0.3, -0.25) is 4.79 Å². The second-order valence-electron chi connectivity index (χ2n) is 2.87. The van der Waals surface area contributed by atoms with E-state index in [0.717, 1.165) is 6.08 Å². The molecule has 1 amide bonds. The van der Waals surface area contributed by atoms with Crippen LogP contribution in [0.1, 0.15) is 13.8 Å². The number of carbonyl (C=O) groups is 1. The largest absolute Gasteiger partial charge is 0.746 e. The molecule has 0 aliphatic rings. The minimum Gasteiger partial charge on any atom is -0.746 e. The fourth-order valence-electron chi connectivity index (χ4n) is 0.771. The van der Waals surface area contributed by atoms with Crippen LogP contribution in [0.3, 0.4) is 0 Å². The molecule has 1 unspecified atom stereocenters. The summed E-state index contributed by atoms with van der Waals surface area (Å²) in [7, 11) is -4.50. The van der Waals surface area contributed by atoms with Crippen LogP contribution in [0.5, 0.6) is 0 Å². The van der Waals surface area contributed by atoms with E-state index < -0.39 is 27.3 Å². The van der Waals surface area contributed by atoms with Gasteiger partial charge in [0.05, 0.1) is 0 Å². The van der Waals surface area contributed by atoms with Crippen LogP contribution in [0.4, 0.5) is 0 Å². The van der Waals surface area contributed by atoms with Crippen molar-refractivity contribution in [2.24, 2.45) is 5.92 Å². The summed E-state index contributed by atoms with van der Waals surface area (Å²) in [6, 6.07) is 0. The first-order chi connectivity index (χ1) is 5.79. The lowest BCUT2D eigenvalue weighted by atomic mass is 10.2. The van der Waals surface area contributed by atoms with Crippen molar-refractivity contribution in [2.75, 3.05) is 0 Å². The van der Waals surface area contributed by atoms with Gasteiger partial charge in [0.1, 0.15) is 15.5 Å². The van der Waals surface area contributed by atoms with E-state index >= 15 is 0 Å². The second-order valence-corrected chi connectivity index (χ2v) is 4.36. The van der Waals surface area contributed by atoms with Gasteiger partial charge in [-0.2, -0.15) is 0 Å². The lowest BCUT2D eigenvalue weighted by molar-refractivity contribution is -0.117. The van der Waals surface area contributed by atoms with Gasteiger partial charge in [0.2, 0.25) is 5.91 Å². The minimum absolute atomic E-state index is 0. The maximum absolute atomic E-state index is 10.7. The molecule has 0 saturated heterocycles. The van der Waals surface area contributed by atoms with Crippen LogP contribution in [0.2, 0.25) is 0 Å². The van der Waals surface area contributed by atoms with Crippen molar-refractivity contribution in [3.8, 4) is 0 Å². The summed E-state index contributed by atoms with van der Waals surface area (Å²) in [5.74, 6) is -1.13. The number of hydrogen-bond acceptors (Lipinski definition) is 4. The standard InChI is InChI=1S/C7H13NO4S.H3N.H2O/c1-4-6(9)8-7(5(2)3)13(10,11)12;;/h4-5,7H,1H2,2-3H3,(H,8,9)(H,10,11,12);1H3;1H2. The molecule has 0 spiro atoms. The molecule has 7 N–H and O–H groups in total. The van der Waals surface area contributed by atoms with Gasteiger partial charge >= 0.3 is 0 Å². The number of nitrogens with one attached hydrogen (secondary N) is 1. The third-order valence-corrected chi connectivity index (χ3v) is 2.67. The number of rotatable bonds is 4. The van der Waals surface area contributed by atoms with Crippen LogP contribution in [0.15, 0.2) is 12.7 Å². The van der Waals surface area contributed by atoms with E-state index in [1.807, 2.05) is 5.32 Å². The molecule has 0 fully saturated rings. The highest BCUT2D eigenvalue weighted by Crippen LogP contribution is 2.07. The summed E-state index contributed by atoms with van der Waals surface area (Å²) >= 11 is 0. The summed E-state index contributed by atoms with van der Waals surface area (Å²) in [5.41, 5.74) is 0. The van der Waals surface area contributed by atoms with Crippen molar-refractivity contribution >= 4 is 16.0 Å². The van der Waals surface area contributed by atoms with Gasteiger partial charge in [-0.1, -0.05) is 20.4 Å². The van der Waals surface area contributed by atoms with Gasteiger partial charge in [0.25, 0.3) is 0 Å². The Hall–Kier alpha value is -0.960. The molecule has 0 aromatic carbocycles. The summed E-state index contributed by atoms with van der Waals surface area (Å²) in [6.45, 7) is 6.21. The van der Waals surface area contributed by atoms with Crippen LogP contribution in [0, 0.1) is 5.92 Å². The van der Waals surface area contributed by atoms with E-state index in [4.69, 9.17) is 0 Å². The van der Waals surface area contributed by atoms with Gasteiger partial charge in [-0.15, -0.1) is 0 Å². The van der Waals surface area contributed by atoms with Crippen molar-refractivity contribution in [2.45, 2.75) is 19.2 Å². The molecule has 0 aliphatic heterocycles. The summed E-state index contributed by atoms with van der Waals surface area (Å²) in [5, 5.41) is 0.658. The highest BCUT2D eigenvalue weighted by Gasteiger charge is 2.21. The van der Waals surface area contributed by atoms with Crippen molar-refractivity contribution in [1.82, 2.24) is 11.5 Å². The molecule has 0 aromatic rings. The Bertz CT molecular complexity index is 299. The zero-order chi connectivity index (χ0) is 10.6. The summed E-state index contributed by atoms with van der Waals surface area (Å²) < 4.78 is 31.9. The molecule has 1 atom stereocenters. The molecule has 0 heterocycles. The average Bonchev–Trinajstić information content (AvgIpc) is 1.96. The zero-order valence-electron chi connectivity index (χ0n) is 8.98. The predicted molar refractivity (Wildman–Crippen MR) is 56.3 cm³/mol. The van der Waals surface area contributed by atoms with Gasteiger partial charge in [0.15, 0.2) is 0 Å².